The maximum Gasteiger partial charge on any atom is 0.0700 e. The van der Waals surface area contributed by atoms with Crippen molar-refractivity contribution >= 4 is 0 Å². The van der Waals surface area contributed by atoms with E-state index in [-0.39, 0.29) is 0 Å². The third kappa shape index (κ3) is 7.62. The van der Waals surface area contributed by atoms with Gasteiger partial charge in [0.25, 0.3) is 0 Å². The van der Waals surface area contributed by atoms with Gasteiger partial charge < -0.3 is 14.8 Å². The van der Waals surface area contributed by atoms with Crippen LogP contribution in [0.5, 0.6) is 0 Å². The van der Waals surface area contributed by atoms with Gasteiger partial charge in [-0.2, -0.15) is 0 Å². The smallest absolute Gasteiger partial charge is 0.0700 e. The van der Waals surface area contributed by atoms with Crippen molar-refractivity contribution in [3.63, 3.8) is 0 Å². The van der Waals surface area contributed by atoms with E-state index in [2.05, 4.69) is 26.1 Å². The van der Waals surface area contributed by atoms with Crippen LogP contribution in [-0.4, -0.2) is 40.0 Å². The number of methoxy groups -OCH3 is 1. The summed E-state index contributed by atoms with van der Waals surface area (Å²) in [7, 11) is 1.72. The number of rotatable bonds is 11. The fourth-order valence-electron chi connectivity index (χ4n) is 3.61. The molecule has 126 valence electrons. The van der Waals surface area contributed by atoms with Crippen LogP contribution in [0.2, 0.25) is 0 Å². The molecule has 21 heavy (non-hydrogen) atoms. The highest BCUT2D eigenvalue weighted by molar-refractivity contribution is 4.82. The SMILES string of the molecule is CCNCC1CCC(C(C)C)CC1CCCOCCOC. The lowest BCUT2D eigenvalue weighted by atomic mass is 9.69. The standard InChI is InChI=1S/C18H37NO2/c1-5-19-14-18-9-8-16(15(2)3)13-17(18)7-6-10-21-12-11-20-4/h15-19H,5-14H2,1-4H3. The van der Waals surface area contributed by atoms with Gasteiger partial charge in [-0.3, -0.25) is 0 Å². The fraction of sp³-hybridized carbons (Fsp3) is 1.00. The number of ether oxygens (including phenoxy) is 2. The predicted octanol–water partition coefficient (Wildman–Crippen LogP) is 3.73. The largest absolute Gasteiger partial charge is 0.382 e. The van der Waals surface area contributed by atoms with Gasteiger partial charge in [-0.05, 0) is 68.9 Å². The summed E-state index contributed by atoms with van der Waals surface area (Å²) in [5.74, 6) is 3.53. The van der Waals surface area contributed by atoms with Gasteiger partial charge in [0, 0.05) is 13.7 Å². The van der Waals surface area contributed by atoms with Gasteiger partial charge in [0.05, 0.1) is 13.2 Å². The molecule has 0 aromatic rings. The van der Waals surface area contributed by atoms with E-state index in [9.17, 15) is 0 Å². The van der Waals surface area contributed by atoms with Crippen molar-refractivity contribution in [1.82, 2.24) is 5.32 Å². The molecule has 3 unspecified atom stereocenters. The Morgan fingerprint density at radius 2 is 1.90 bits per heavy atom. The molecule has 3 nitrogen and oxygen atoms in total. The predicted molar refractivity (Wildman–Crippen MR) is 89.6 cm³/mol. The van der Waals surface area contributed by atoms with Gasteiger partial charge in [-0.25, -0.2) is 0 Å². The molecule has 1 N–H and O–H groups in total. The Balaban J connectivity index is 2.31. The average Bonchev–Trinajstić information content (AvgIpc) is 2.49. The molecular formula is C18H37NO2. The Hall–Kier alpha value is -0.120. The van der Waals surface area contributed by atoms with Gasteiger partial charge in [0.15, 0.2) is 0 Å². The lowest BCUT2D eigenvalue weighted by Crippen LogP contribution is -2.34. The Kier molecular flexibility index (Phi) is 10.3. The van der Waals surface area contributed by atoms with Crippen LogP contribution in [0.4, 0.5) is 0 Å². The first-order valence-corrected chi connectivity index (χ1v) is 8.96. The second-order valence-electron chi connectivity index (χ2n) is 6.89. The van der Waals surface area contributed by atoms with Gasteiger partial charge in [-0.1, -0.05) is 20.8 Å². The van der Waals surface area contributed by atoms with E-state index >= 15 is 0 Å². The molecule has 0 amide bonds. The van der Waals surface area contributed by atoms with Crippen LogP contribution >= 0.6 is 0 Å². The summed E-state index contributed by atoms with van der Waals surface area (Å²) in [6, 6.07) is 0. The minimum Gasteiger partial charge on any atom is -0.382 e. The summed E-state index contributed by atoms with van der Waals surface area (Å²) in [5.41, 5.74) is 0. The van der Waals surface area contributed by atoms with Crippen LogP contribution in [0.25, 0.3) is 0 Å². The van der Waals surface area contributed by atoms with Gasteiger partial charge in [0.2, 0.25) is 0 Å². The van der Waals surface area contributed by atoms with Crippen molar-refractivity contribution in [3.05, 3.63) is 0 Å². The summed E-state index contributed by atoms with van der Waals surface area (Å²) in [6.45, 7) is 11.6. The maximum atomic E-state index is 5.62. The minimum absolute atomic E-state index is 0.710. The van der Waals surface area contributed by atoms with Gasteiger partial charge in [0.1, 0.15) is 0 Å². The molecule has 0 aromatic heterocycles. The third-order valence-corrected chi connectivity index (χ3v) is 5.08. The van der Waals surface area contributed by atoms with Crippen molar-refractivity contribution in [1.29, 1.82) is 0 Å². The highest BCUT2D eigenvalue weighted by Crippen LogP contribution is 2.39. The van der Waals surface area contributed by atoms with Crippen molar-refractivity contribution in [3.8, 4) is 0 Å². The van der Waals surface area contributed by atoms with Crippen molar-refractivity contribution in [2.75, 3.05) is 40.0 Å². The van der Waals surface area contributed by atoms with E-state index in [1.54, 1.807) is 7.11 Å². The zero-order valence-corrected chi connectivity index (χ0v) is 14.7. The van der Waals surface area contributed by atoms with Crippen LogP contribution in [0.15, 0.2) is 0 Å². The molecule has 3 heteroatoms. The lowest BCUT2D eigenvalue weighted by molar-refractivity contribution is 0.0615. The van der Waals surface area contributed by atoms with Crippen LogP contribution < -0.4 is 5.32 Å². The van der Waals surface area contributed by atoms with E-state index in [1.165, 1.54) is 38.6 Å². The fourth-order valence-corrected chi connectivity index (χ4v) is 3.61. The van der Waals surface area contributed by atoms with E-state index in [0.717, 1.165) is 43.4 Å². The van der Waals surface area contributed by atoms with Crippen molar-refractivity contribution in [2.24, 2.45) is 23.7 Å². The van der Waals surface area contributed by atoms with Crippen molar-refractivity contribution in [2.45, 2.75) is 52.9 Å². The highest BCUT2D eigenvalue weighted by atomic mass is 16.5. The molecule has 1 fully saturated rings. The Morgan fingerprint density at radius 3 is 2.57 bits per heavy atom. The number of hydrogen-bond donors (Lipinski definition) is 1. The van der Waals surface area contributed by atoms with Crippen molar-refractivity contribution < 1.29 is 9.47 Å². The zero-order chi connectivity index (χ0) is 15.5. The molecule has 3 atom stereocenters. The summed E-state index contributed by atoms with van der Waals surface area (Å²) < 4.78 is 10.6. The Labute approximate surface area is 132 Å². The molecule has 1 aliphatic rings. The number of nitrogens with one attached hydrogen (secondary N) is 1. The molecule has 0 radical (unpaired) electrons. The first-order chi connectivity index (χ1) is 10.2. The number of hydrogen-bond acceptors (Lipinski definition) is 3. The molecule has 0 aromatic carbocycles. The Bertz CT molecular complexity index is 245. The summed E-state index contributed by atoms with van der Waals surface area (Å²) in [5, 5.41) is 3.56. The average molecular weight is 299 g/mol. The summed E-state index contributed by atoms with van der Waals surface area (Å²) in [6.07, 6.45) is 6.78. The topological polar surface area (TPSA) is 30.5 Å². The lowest BCUT2D eigenvalue weighted by Gasteiger charge is -2.38. The quantitative estimate of drug-likeness (QED) is 0.590. The molecular weight excluding hydrogens is 262 g/mol. The van der Waals surface area contributed by atoms with Crippen LogP contribution in [0.3, 0.4) is 0 Å². The summed E-state index contributed by atoms with van der Waals surface area (Å²) >= 11 is 0. The molecule has 1 rings (SSSR count). The van der Waals surface area contributed by atoms with Crippen LogP contribution in [0, 0.1) is 23.7 Å². The van der Waals surface area contributed by atoms with E-state index in [1.807, 2.05) is 0 Å². The molecule has 0 aliphatic heterocycles. The molecule has 0 saturated heterocycles. The van der Waals surface area contributed by atoms with Crippen LogP contribution in [0.1, 0.15) is 52.9 Å². The normalized spacial score (nSPS) is 26.4. The second-order valence-corrected chi connectivity index (χ2v) is 6.89. The Morgan fingerprint density at radius 1 is 1.10 bits per heavy atom. The van der Waals surface area contributed by atoms with E-state index in [0.29, 0.717) is 6.61 Å². The van der Waals surface area contributed by atoms with E-state index in [4.69, 9.17) is 9.47 Å². The van der Waals surface area contributed by atoms with E-state index < -0.39 is 0 Å². The first-order valence-electron chi connectivity index (χ1n) is 8.96. The minimum atomic E-state index is 0.710. The van der Waals surface area contributed by atoms with Gasteiger partial charge in [-0.15, -0.1) is 0 Å². The first kappa shape index (κ1) is 18.9. The highest BCUT2D eigenvalue weighted by Gasteiger charge is 2.30. The van der Waals surface area contributed by atoms with Gasteiger partial charge >= 0.3 is 0 Å². The second kappa shape index (κ2) is 11.4. The zero-order valence-electron chi connectivity index (χ0n) is 14.7. The van der Waals surface area contributed by atoms with Crippen LogP contribution in [-0.2, 0) is 9.47 Å². The maximum absolute atomic E-state index is 5.62. The summed E-state index contributed by atoms with van der Waals surface area (Å²) in [4.78, 5) is 0. The molecule has 0 spiro atoms. The molecule has 0 heterocycles. The molecule has 1 saturated carbocycles. The monoisotopic (exact) mass is 299 g/mol. The third-order valence-electron chi connectivity index (χ3n) is 5.08. The molecule has 0 bridgehead atoms. The molecule has 1 aliphatic carbocycles.